The SMILES string of the molecule is O=C(Nc1nnc(C2CC2)s1)NC1(CO)CCCC1. The minimum absolute atomic E-state index is 0.0101. The summed E-state index contributed by atoms with van der Waals surface area (Å²) in [4.78, 5) is 11.9. The van der Waals surface area contributed by atoms with Crippen molar-refractivity contribution in [3.8, 4) is 0 Å². The summed E-state index contributed by atoms with van der Waals surface area (Å²) in [6, 6.07) is -0.297. The van der Waals surface area contributed by atoms with Gasteiger partial charge in [0.2, 0.25) is 5.13 Å². The van der Waals surface area contributed by atoms with Gasteiger partial charge in [-0.15, -0.1) is 10.2 Å². The van der Waals surface area contributed by atoms with Gasteiger partial charge in [0, 0.05) is 5.92 Å². The second-order valence-corrected chi connectivity index (χ2v) is 6.45. The van der Waals surface area contributed by atoms with Gasteiger partial charge >= 0.3 is 6.03 Å². The minimum atomic E-state index is -0.450. The van der Waals surface area contributed by atoms with Gasteiger partial charge in [-0.1, -0.05) is 24.2 Å². The second-order valence-electron chi connectivity index (χ2n) is 5.44. The molecule has 2 amide bonds. The van der Waals surface area contributed by atoms with Crippen LogP contribution >= 0.6 is 11.3 Å². The summed E-state index contributed by atoms with van der Waals surface area (Å²) in [6.07, 6.45) is 6.11. The van der Waals surface area contributed by atoms with Gasteiger partial charge in [-0.2, -0.15) is 0 Å². The Morgan fingerprint density at radius 2 is 2.11 bits per heavy atom. The lowest BCUT2D eigenvalue weighted by atomic mass is 9.99. The molecule has 0 unspecified atom stereocenters. The van der Waals surface area contributed by atoms with Gasteiger partial charge in [0.1, 0.15) is 5.01 Å². The quantitative estimate of drug-likeness (QED) is 0.786. The summed E-state index contributed by atoms with van der Waals surface area (Å²) in [5, 5.41) is 24.6. The van der Waals surface area contributed by atoms with E-state index in [1.165, 1.54) is 24.2 Å². The number of aliphatic hydroxyl groups is 1. The molecule has 1 aromatic rings. The normalized spacial score (nSPS) is 21.3. The van der Waals surface area contributed by atoms with E-state index in [1.807, 2.05) is 0 Å². The molecular formula is C12H18N4O2S. The van der Waals surface area contributed by atoms with Crippen molar-refractivity contribution < 1.29 is 9.90 Å². The van der Waals surface area contributed by atoms with E-state index in [2.05, 4.69) is 20.8 Å². The number of urea groups is 1. The van der Waals surface area contributed by atoms with Crippen LogP contribution < -0.4 is 10.6 Å². The molecule has 0 bridgehead atoms. The molecule has 0 spiro atoms. The first-order chi connectivity index (χ1) is 9.21. The first kappa shape index (κ1) is 12.8. The standard InChI is InChI=1S/C12H18N4O2S/c17-7-12(5-1-2-6-12)14-10(18)13-11-16-15-9(19-11)8-3-4-8/h8,17H,1-7H2,(H2,13,14,16,18). The van der Waals surface area contributed by atoms with Crippen LogP contribution in [0.4, 0.5) is 9.93 Å². The second kappa shape index (κ2) is 5.05. The highest BCUT2D eigenvalue weighted by Gasteiger charge is 2.35. The largest absolute Gasteiger partial charge is 0.394 e. The molecule has 0 saturated heterocycles. The number of hydrogen-bond donors (Lipinski definition) is 3. The van der Waals surface area contributed by atoms with Gasteiger partial charge in [-0.3, -0.25) is 5.32 Å². The molecule has 2 aliphatic rings. The van der Waals surface area contributed by atoms with Gasteiger partial charge in [-0.25, -0.2) is 4.79 Å². The number of aromatic nitrogens is 2. The molecule has 0 atom stereocenters. The van der Waals surface area contributed by atoms with Gasteiger partial charge in [0.15, 0.2) is 0 Å². The van der Waals surface area contributed by atoms with Crippen molar-refractivity contribution in [3.05, 3.63) is 5.01 Å². The maximum Gasteiger partial charge on any atom is 0.321 e. The van der Waals surface area contributed by atoms with Gasteiger partial charge in [0.05, 0.1) is 12.1 Å². The maximum absolute atomic E-state index is 11.9. The van der Waals surface area contributed by atoms with Gasteiger partial charge < -0.3 is 10.4 Å². The van der Waals surface area contributed by atoms with Crippen LogP contribution in [0.15, 0.2) is 0 Å². The van der Waals surface area contributed by atoms with Crippen LogP contribution in [0.1, 0.15) is 49.5 Å². The summed E-state index contributed by atoms with van der Waals surface area (Å²) in [5.41, 5.74) is -0.450. The monoisotopic (exact) mass is 282 g/mol. The van der Waals surface area contributed by atoms with Crippen molar-refractivity contribution in [1.82, 2.24) is 15.5 Å². The van der Waals surface area contributed by atoms with Crippen LogP contribution in [0, 0.1) is 0 Å². The zero-order valence-corrected chi connectivity index (χ0v) is 11.5. The molecular weight excluding hydrogens is 264 g/mol. The van der Waals surface area contributed by atoms with E-state index in [0.29, 0.717) is 11.0 Å². The smallest absolute Gasteiger partial charge is 0.321 e. The van der Waals surface area contributed by atoms with E-state index < -0.39 is 5.54 Å². The first-order valence-electron chi connectivity index (χ1n) is 6.74. The number of aliphatic hydroxyl groups excluding tert-OH is 1. The molecule has 1 heterocycles. The predicted octanol–water partition coefficient (Wildman–Crippen LogP) is 1.84. The van der Waals surface area contributed by atoms with E-state index >= 15 is 0 Å². The summed E-state index contributed by atoms with van der Waals surface area (Å²) >= 11 is 1.44. The average Bonchev–Trinajstić information content (AvgIpc) is 2.97. The fraction of sp³-hybridized carbons (Fsp3) is 0.750. The molecule has 1 aromatic heterocycles. The summed E-state index contributed by atoms with van der Waals surface area (Å²) in [6.45, 7) is -0.0101. The number of nitrogens with zero attached hydrogens (tertiary/aromatic N) is 2. The highest BCUT2D eigenvalue weighted by Crippen LogP contribution is 2.42. The molecule has 0 aliphatic heterocycles. The topological polar surface area (TPSA) is 87.1 Å². The number of anilines is 1. The highest BCUT2D eigenvalue weighted by atomic mass is 32.1. The third kappa shape index (κ3) is 2.87. The number of nitrogens with one attached hydrogen (secondary N) is 2. The summed E-state index contributed by atoms with van der Waals surface area (Å²) < 4.78 is 0. The summed E-state index contributed by atoms with van der Waals surface area (Å²) in [7, 11) is 0. The fourth-order valence-corrected chi connectivity index (χ4v) is 3.43. The van der Waals surface area contributed by atoms with Crippen LogP contribution in [0.2, 0.25) is 0 Å². The molecule has 2 aliphatic carbocycles. The Kier molecular flexibility index (Phi) is 3.40. The van der Waals surface area contributed by atoms with E-state index in [-0.39, 0.29) is 12.6 Å². The lowest BCUT2D eigenvalue weighted by molar-refractivity contribution is 0.167. The van der Waals surface area contributed by atoms with Crippen molar-refractivity contribution in [2.24, 2.45) is 0 Å². The lowest BCUT2D eigenvalue weighted by Crippen LogP contribution is -2.50. The van der Waals surface area contributed by atoms with Crippen molar-refractivity contribution in [3.63, 3.8) is 0 Å². The van der Waals surface area contributed by atoms with Crippen molar-refractivity contribution in [2.75, 3.05) is 11.9 Å². The number of amides is 2. The van der Waals surface area contributed by atoms with Crippen LogP contribution in [0.3, 0.4) is 0 Å². The zero-order chi connectivity index (χ0) is 13.3. The Labute approximate surface area is 115 Å². The molecule has 19 heavy (non-hydrogen) atoms. The van der Waals surface area contributed by atoms with Crippen LogP contribution in [0.25, 0.3) is 0 Å². The molecule has 6 nitrogen and oxygen atoms in total. The highest BCUT2D eigenvalue weighted by molar-refractivity contribution is 7.15. The van der Waals surface area contributed by atoms with E-state index in [1.54, 1.807) is 0 Å². The zero-order valence-electron chi connectivity index (χ0n) is 10.7. The third-order valence-corrected chi connectivity index (χ3v) is 4.83. The van der Waals surface area contributed by atoms with E-state index in [9.17, 15) is 9.90 Å². The molecule has 2 fully saturated rings. The van der Waals surface area contributed by atoms with Crippen molar-refractivity contribution in [1.29, 1.82) is 0 Å². The number of hydrogen-bond acceptors (Lipinski definition) is 5. The molecule has 7 heteroatoms. The summed E-state index contributed by atoms with van der Waals surface area (Å²) in [5.74, 6) is 0.551. The molecule has 3 rings (SSSR count). The van der Waals surface area contributed by atoms with Gasteiger partial charge in [-0.05, 0) is 25.7 Å². The van der Waals surface area contributed by atoms with Crippen LogP contribution in [0.5, 0.6) is 0 Å². The minimum Gasteiger partial charge on any atom is -0.394 e. The molecule has 104 valence electrons. The Bertz CT molecular complexity index is 466. The number of carbonyl (C=O) groups excluding carboxylic acids is 1. The van der Waals surface area contributed by atoms with Crippen molar-refractivity contribution >= 4 is 22.5 Å². The predicted molar refractivity (Wildman–Crippen MR) is 72.3 cm³/mol. The Balaban J connectivity index is 1.57. The van der Waals surface area contributed by atoms with E-state index in [4.69, 9.17) is 0 Å². The van der Waals surface area contributed by atoms with E-state index in [0.717, 1.165) is 30.7 Å². The fourth-order valence-electron chi connectivity index (χ4n) is 2.52. The molecule has 2 saturated carbocycles. The van der Waals surface area contributed by atoms with Crippen LogP contribution in [-0.4, -0.2) is 33.5 Å². The molecule has 0 aromatic carbocycles. The molecule has 0 radical (unpaired) electrons. The number of carbonyl (C=O) groups is 1. The molecule has 3 N–H and O–H groups in total. The Morgan fingerprint density at radius 1 is 1.37 bits per heavy atom. The van der Waals surface area contributed by atoms with Crippen LogP contribution in [-0.2, 0) is 0 Å². The third-order valence-electron chi connectivity index (χ3n) is 3.83. The lowest BCUT2D eigenvalue weighted by Gasteiger charge is -2.27. The first-order valence-corrected chi connectivity index (χ1v) is 7.56. The number of rotatable bonds is 4. The average molecular weight is 282 g/mol. The van der Waals surface area contributed by atoms with Gasteiger partial charge in [0.25, 0.3) is 0 Å². The Hall–Kier alpha value is -1.21. The van der Waals surface area contributed by atoms with Crippen molar-refractivity contribution in [2.45, 2.75) is 50.0 Å². The maximum atomic E-state index is 11.9. The Morgan fingerprint density at radius 3 is 2.74 bits per heavy atom.